The minimum Gasteiger partial charge on any atom is -0.480 e. The Balaban J connectivity index is 2.46. The average Bonchev–Trinajstić information content (AvgIpc) is 2.78. The third-order valence-electron chi connectivity index (χ3n) is 4.27. The summed E-state index contributed by atoms with van der Waals surface area (Å²) >= 11 is 0. The molecule has 0 unspecified atom stereocenters. The third kappa shape index (κ3) is 14.8. The molecule has 5 N–H and O–H groups in total. The molecule has 0 heterocycles. The Kier molecular flexibility index (Phi) is 12.6. The van der Waals surface area contributed by atoms with Crippen molar-refractivity contribution in [3.05, 3.63) is 35.9 Å². The molecular formula is C23H34N4O8. The van der Waals surface area contributed by atoms with Gasteiger partial charge in [-0.25, -0.2) is 9.59 Å². The van der Waals surface area contributed by atoms with Gasteiger partial charge in [-0.2, -0.15) is 0 Å². The fourth-order valence-electron chi connectivity index (χ4n) is 2.68. The fourth-order valence-corrected chi connectivity index (χ4v) is 2.68. The smallest absolute Gasteiger partial charge is 0.408 e. The van der Waals surface area contributed by atoms with E-state index in [0.717, 1.165) is 5.56 Å². The number of rotatable bonds is 13. The van der Waals surface area contributed by atoms with E-state index in [4.69, 9.17) is 14.6 Å². The number of alkyl carbamates (subject to hydrolysis) is 2. The maximum absolute atomic E-state index is 12.5. The van der Waals surface area contributed by atoms with Crippen molar-refractivity contribution in [3.8, 4) is 0 Å². The van der Waals surface area contributed by atoms with Crippen LogP contribution in [0.1, 0.15) is 45.6 Å². The quantitative estimate of drug-likeness (QED) is 0.255. The molecule has 0 bridgehead atoms. The number of carboxylic acids is 1. The fraction of sp³-hybridized carbons (Fsp3) is 0.522. The first-order valence-corrected chi connectivity index (χ1v) is 11.2. The molecule has 35 heavy (non-hydrogen) atoms. The highest BCUT2D eigenvalue weighted by Crippen LogP contribution is 2.08. The van der Waals surface area contributed by atoms with Crippen LogP contribution < -0.4 is 21.3 Å². The first-order valence-electron chi connectivity index (χ1n) is 11.2. The summed E-state index contributed by atoms with van der Waals surface area (Å²) in [5, 5.41) is 18.2. The van der Waals surface area contributed by atoms with Crippen LogP contribution in [0, 0.1) is 0 Å². The molecule has 12 heteroatoms. The molecule has 0 aliphatic carbocycles. The molecule has 4 amide bonds. The minimum absolute atomic E-state index is 0.148. The molecule has 0 saturated heterocycles. The molecule has 1 atom stereocenters. The van der Waals surface area contributed by atoms with Gasteiger partial charge < -0.3 is 35.8 Å². The van der Waals surface area contributed by atoms with E-state index >= 15 is 0 Å². The number of carbonyl (C=O) groups is 5. The van der Waals surface area contributed by atoms with Crippen molar-refractivity contribution in [1.29, 1.82) is 0 Å². The molecule has 1 rings (SSSR count). The zero-order valence-electron chi connectivity index (χ0n) is 20.2. The maximum atomic E-state index is 12.5. The zero-order valence-corrected chi connectivity index (χ0v) is 20.2. The SMILES string of the molecule is CC(C)(C)OC(=O)N[C@@H](CCCCNC(=O)OCc1ccccc1)C(=O)NCC(=O)NCC(=O)O. The van der Waals surface area contributed by atoms with Crippen molar-refractivity contribution in [2.75, 3.05) is 19.6 Å². The topological polar surface area (TPSA) is 172 Å². The Labute approximate surface area is 204 Å². The summed E-state index contributed by atoms with van der Waals surface area (Å²) in [6, 6.07) is 8.23. The Hall–Kier alpha value is -3.83. The van der Waals surface area contributed by atoms with E-state index in [1.54, 1.807) is 20.8 Å². The van der Waals surface area contributed by atoms with Gasteiger partial charge in [0.25, 0.3) is 0 Å². The number of ether oxygens (including phenoxy) is 2. The summed E-state index contributed by atoms with van der Waals surface area (Å²) in [4.78, 5) is 58.6. The Morgan fingerprint density at radius 1 is 0.914 bits per heavy atom. The molecule has 194 valence electrons. The van der Waals surface area contributed by atoms with Gasteiger partial charge in [-0.3, -0.25) is 14.4 Å². The first kappa shape index (κ1) is 29.2. The Morgan fingerprint density at radius 2 is 1.60 bits per heavy atom. The van der Waals surface area contributed by atoms with Crippen LogP contribution in [0.15, 0.2) is 30.3 Å². The summed E-state index contributed by atoms with van der Waals surface area (Å²) in [6.45, 7) is 4.45. The largest absolute Gasteiger partial charge is 0.480 e. The predicted octanol–water partition coefficient (Wildman–Crippen LogP) is 1.29. The van der Waals surface area contributed by atoms with Crippen molar-refractivity contribution in [2.45, 2.75) is 58.3 Å². The van der Waals surface area contributed by atoms with Gasteiger partial charge in [-0.1, -0.05) is 30.3 Å². The van der Waals surface area contributed by atoms with Gasteiger partial charge in [0.05, 0.1) is 6.54 Å². The summed E-state index contributed by atoms with van der Waals surface area (Å²) in [6.07, 6.45) is -0.196. The predicted molar refractivity (Wildman–Crippen MR) is 125 cm³/mol. The third-order valence-corrected chi connectivity index (χ3v) is 4.27. The van der Waals surface area contributed by atoms with E-state index in [1.165, 1.54) is 0 Å². The molecule has 12 nitrogen and oxygen atoms in total. The molecular weight excluding hydrogens is 460 g/mol. The minimum atomic E-state index is -1.22. The van der Waals surface area contributed by atoms with Gasteiger partial charge in [0.1, 0.15) is 24.8 Å². The zero-order chi connectivity index (χ0) is 26.3. The lowest BCUT2D eigenvalue weighted by molar-refractivity contribution is -0.137. The van der Waals surface area contributed by atoms with E-state index in [-0.39, 0.29) is 13.0 Å². The highest BCUT2D eigenvalue weighted by atomic mass is 16.6. The van der Waals surface area contributed by atoms with Crippen molar-refractivity contribution in [2.24, 2.45) is 0 Å². The van der Waals surface area contributed by atoms with Crippen LogP contribution >= 0.6 is 0 Å². The molecule has 1 aromatic rings. The second-order valence-corrected chi connectivity index (χ2v) is 8.57. The second kappa shape index (κ2) is 15.1. The summed E-state index contributed by atoms with van der Waals surface area (Å²) in [5.41, 5.74) is 0.0904. The number of hydrogen-bond acceptors (Lipinski definition) is 7. The number of carboxylic acid groups (broad SMARTS) is 1. The number of nitrogens with one attached hydrogen (secondary N) is 4. The summed E-state index contributed by atoms with van der Waals surface area (Å²) in [5.74, 6) is -2.53. The number of unbranched alkanes of at least 4 members (excludes halogenated alkanes) is 1. The molecule has 0 aliphatic heterocycles. The summed E-state index contributed by atoms with van der Waals surface area (Å²) in [7, 11) is 0. The van der Waals surface area contributed by atoms with Crippen LogP contribution in [-0.2, 0) is 30.5 Å². The highest BCUT2D eigenvalue weighted by molar-refractivity contribution is 5.90. The van der Waals surface area contributed by atoms with Gasteiger partial charge in [0.2, 0.25) is 11.8 Å². The van der Waals surface area contributed by atoms with Gasteiger partial charge in [-0.05, 0) is 45.6 Å². The van der Waals surface area contributed by atoms with Gasteiger partial charge in [0, 0.05) is 6.54 Å². The number of benzene rings is 1. The maximum Gasteiger partial charge on any atom is 0.408 e. The van der Waals surface area contributed by atoms with Crippen molar-refractivity contribution in [3.63, 3.8) is 0 Å². The van der Waals surface area contributed by atoms with Crippen LogP contribution in [0.4, 0.5) is 9.59 Å². The normalized spacial score (nSPS) is 11.5. The lowest BCUT2D eigenvalue weighted by Gasteiger charge is -2.23. The van der Waals surface area contributed by atoms with Crippen LogP contribution in [0.3, 0.4) is 0 Å². The molecule has 0 spiro atoms. The van der Waals surface area contributed by atoms with E-state index in [2.05, 4.69) is 21.3 Å². The molecule has 0 aromatic heterocycles. The van der Waals surface area contributed by atoms with Crippen molar-refractivity contribution >= 4 is 30.0 Å². The van der Waals surface area contributed by atoms with Gasteiger partial charge in [0.15, 0.2) is 0 Å². The van der Waals surface area contributed by atoms with Crippen LogP contribution in [0.2, 0.25) is 0 Å². The molecule has 0 aliphatic rings. The number of carbonyl (C=O) groups excluding carboxylic acids is 4. The molecule has 1 aromatic carbocycles. The van der Waals surface area contributed by atoms with Crippen LogP contribution in [0.5, 0.6) is 0 Å². The van der Waals surface area contributed by atoms with E-state index in [1.807, 2.05) is 30.3 Å². The van der Waals surface area contributed by atoms with Gasteiger partial charge in [-0.15, -0.1) is 0 Å². The van der Waals surface area contributed by atoms with Crippen LogP contribution in [-0.4, -0.2) is 66.4 Å². The lowest BCUT2D eigenvalue weighted by Crippen LogP contribution is -2.50. The van der Waals surface area contributed by atoms with Crippen molar-refractivity contribution < 1.29 is 38.6 Å². The Bertz CT molecular complexity index is 855. The number of hydrogen-bond donors (Lipinski definition) is 5. The number of amides is 4. The van der Waals surface area contributed by atoms with E-state index in [9.17, 15) is 24.0 Å². The Morgan fingerprint density at radius 3 is 2.23 bits per heavy atom. The summed E-state index contributed by atoms with van der Waals surface area (Å²) < 4.78 is 10.3. The lowest BCUT2D eigenvalue weighted by atomic mass is 10.1. The van der Waals surface area contributed by atoms with E-state index < -0.39 is 54.7 Å². The monoisotopic (exact) mass is 494 g/mol. The second-order valence-electron chi connectivity index (χ2n) is 8.57. The first-order chi connectivity index (χ1) is 16.5. The highest BCUT2D eigenvalue weighted by Gasteiger charge is 2.24. The van der Waals surface area contributed by atoms with Crippen molar-refractivity contribution in [1.82, 2.24) is 21.3 Å². The van der Waals surface area contributed by atoms with Gasteiger partial charge >= 0.3 is 18.2 Å². The molecule has 0 fully saturated rings. The molecule has 0 saturated carbocycles. The number of aliphatic carboxylic acids is 1. The molecule has 0 radical (unpaired) electrons. The van der Waals surface area contributed by atoms with E-state index in [0.29, 0.717) is 19.4 Å². The standard InChI is InChI=1S/C23H34N4O8/c1-23(2,3)35-22(33)27-17(20(31)26-13-18(28)25-14-19(29)30)11-7-8-12-24-21(32)34-15-16-9-5-4-6-10-16/h4-6,9-10,17H,7-8,11-15H2,1-3H3,(H,24,32)(H,25,28)(H,26,31)(H,27,33)(H,29,30)/t17-/m0/s1. The average molecular weight is 495 g/mol. The van der Waals surface area contributed by atoms with Crippen LogP contribution in [0.25, 0.3) is 0 Å².